The van der Waals surface area contributed by atoms with E-state index in [2.05, 4.69) is 0 Å². The molecule has 0 aromatic heterocycles. The van der Waals surface area contributed by atoms with E-state index >= 15 is 0 Å². The number of hydrogen-bond acceptors (Lipinski definition) is 1. The van der Waals surface area contributed by atoms with Gasteiger partial charge in [-0.1, -0.05) is 6.92 Å². The molecule has 0 aliphatic carbocycles. The highest BCUT2D eigenvalue weighted by Gasteiger charge is 2.35. The van der Waals surface area contributed by atoms with Gasteiger partial charge >= 0.3 is 0 Å². The molecule has 1 saturated heterocycles. The average molecular weight is 150 g/mol. The molecule has 0 amide bonds. The Morgan fingerprint density at radius 1 is 1.60 bits per heavy atom. The highest BCUT2D eigenvalue weighted by molar-refractivity contribution is 4.75. The minimum atomic E-state index is -2.47. The van der Waals surface area contributed by atoms with Crippen molar-refractivity contribution in [1.82, 2.24) is 0 Å². The van der Waals surface area contributed by atoms with Gasteiger partial charge in [0.1, 0.15) is 0 Å². The molecule has 0 aromatic rings. The predicted molar refractivity (Wildman–Crippen MR) is 34.2 cm³/mol. The van der Waals surface area contributed by atoms with Crippen molar-refractivity contribution >= 4 is 0 Å². The largest absolute Gasteiger partial charge is 0.378 e. The van der Waals surface area contributed by atoms with Crippen molar-refractivity contribution in [2.45, 2.75) is 38.2 Å². The first-order chi connectivity index (χ1) is 4.64. The molecule has 1 aliphatic rings. The molecule has 1 fully saturated rings. The van der Waals surface area contributed by atoms with E-state index in [-0.39, 0.29) is 25.6 Å². The Labute approximate surface area is 59.4 Å². The normalized spacial score (nSPS) is 32.1. The zero-order chi connectivity index (χ0) is 7.61. The third-order valence-corrected chi connectivity index (χ3v) is 1.80. The lowest BCUT2D eigenvalue weighted by atomic mass is 10.0. The van der Waals surface area contributed by atoms with Crippen molar-refractivity contribution in [3.63, 3.8) is 0 Å². The van der Waals surface area contributed by atoms with Crippen LogP contribution in [0.1, 0.15) is 26.2 Å². The molecule has 0 bridgehead atoms. The molecule has 1 aliphatic heterocycles. The summed E-state index contributed by atoms with van der Waals surface area (Å²) < 4.78 is 30.2. The third kappa shape index (κ3) is 1.90. The molecule has 3 heteroatoms. The van der Waals surface area contributed by atoms with Gasteiger partial charge in [0.25, 0.3) is 5.92 Å². The average Bonchev–Trinajstić information content (AvgIpc) is 1.86. The van der Waals surface area contributed by atoms with E-state index in [1.165, 1.54) is 0 Å². The highest BCUT2D eigenvalue weighted by Crippen LogP contribution is 2.30. The highest BCUT2D eigenvalue weighted by atomic mass is 19.3. The van der Waals surface area contributed by atoms with Crippen LogP contribution in [0.15, 0.2) is 0 Å². The van der Waals surface area contributed by atoms with Gasteiger partial charge in [-0.05, 0) is 6.42 Å². The van der Waals surface area contributed by atoms with E-state index in [0.717, 1.165) is 0 Å². The summed E-state index contributed by atoms with van der Waals surface area (Å²) in [6.45, 7) is 2.08. The SMILES string of the molecule is CCC1CC(F)(F)CCO1. The summed E-state index contributed by atoms with van der Waals surface area (Å²) in [7, 11) is 0. The fraction of sp³-hybridized carbons (Fsp3) is 1.00. The van der Waals surface area contributed by atoms with Crippen LogP contribution in [-0.4, -0.2) is 18.6 Å². The number of halogens is 2. The monoisotopic (exact) mass is 150 g/mol. The van der Waals surface area contributed by atoms with Gasteiger partial charge in [-0.2, -0.15) is 0 Å². The lowest BCUT2D eigenvalue weighted by Crippen LogP contribution is -2.33. The van der Waals surface area contributed by atoms with Crippen molar-refractivity contribution in [3.05, 3.63) is 0 Å². The lowest BCUT2D eigenvalue weighted by molar-refractivity contribution is -0.127. The van der Waals surface area contributed by atoms with Gasteiger partial charge in [0.15, 0.2) is 0 Å². The summed E-state index contributed by atoms with van der Waals surface area (Å²) in [5, 5.41) is 0. The molecule has 0 N–H and O–H groups in total. The van der Waals surface area contributed by atoms with Crippen LogP contribution in [-0.2, 0) is 4.74 Å². The summed E-state index contributed by atoms with van der Waals surface area (Å²) >= 11 is 0. The molecule has 1 atom stereocenters. The van der Waals surface area contributed by atoms with Gasteiger partial charge in [-0.15, -0.1) is 0 Å². The minimum absolute atomic E-state index is 0.0938. The van der Waals surface area contributed by atoms with Crippen molar-refractivity contribution in [2.24, 2.45) is 0 Å². The molecule has 0 radical (unpaired) electrons. The molecule has 60 valence electrons. The zero-order valence-electron chi connectivity index (χ0n) is 6.07. The topological polar surface area (TPSA) is 9.23 Å². The Kier molecular flexibility index (Phi) is 2.24. The molecule has 1 unspecified atom stereocenters. The standard InChI is InChI=1S/C7H12F2O/c1-2-6-5-7(8,9)3-4-10-6/h6H,2-5H2,1H3. The van der Waals surface area contributed by atoms with Crippen molar-refractivity contribution < 1.29 is 13.5 Å². The lowest BCUT2D eigenvalue weighted by Gasteiger charge is -2.28. The number of ether oxygens (including phenoxy) is 1. The van der Waals surface area contributed by atoms with Gasteiger partial charge < -0.3 is 4.74 Å². The Hall–Kier alpha value is -0.180. The molecule has 1 heterocycles. The fourth-order valence-corrected chi connectivity index (χ4v) is 1.13. The summed E-state index contributed by atoms with van der Waals surface area (Å²) in [6.07, 6.45) is 0.270. The van der Waals surface area contributed by atoms with E-state index in [1.54, 1.807) is 0 Å². The molecule has 0 aromatic carbocycles. The second-order valence-electron chi connectivity index (χ2n) is 2.71. The van der Waals surface area contributed by atoms with Gasteiger partial charge in [0.05, 0.1) is 12.7 Å². The summed E-state index contributed by atoms with van der Waals surface area (Å²) in [6, 6.07) is 0. The van der Waals surface area contributed by atoms with Crippen LogP contribution in [0.25, 0.3) is 0 Å². The first-order valence-corrected chi connectivity index (χ1v) is 3.63. The third-order valence-electron chi connectivity index (χ3n) is 1.80. The van der Waals surface area contributed by atoms with Crippen LogP contribution in [0.2, 0.25) is 0 Å². The molecule has 0 saturated carbocycles. The van der Waals surface area contributed by atoms with Gasteiger partial charge in [-0.3, -0.25) is 0 Å². The van der Waals surface area contributed by atoms with Crippen molar-refractivity contribution in [3.8, 4) is 0 Å². The van der Waals surface area contributed by atoms with Crippen LogP contribution < -0.4 is 0 Å². The molecule has 1 nitrogen and oxygen atoms in total. The van der Waals surface area contributed by atoms with Crippen LogP contribution >= 0.6 is 0 Å². The van der Waals surface area contributed by atoms with E-state index in [0.29, 0.717) is 6.42 Å². The Morgan fingerprint density at radius 3 is 2.70 bits per heavy atom. The minimum Gasteiger partial charge on any atom is -0.378 e. The summed E-state index contributed by atoms with van der Waals surface area (Å²) in [5.41, 5.74) is 0. The van der Waals surface area contributed by atoms with E-state index in [4.69, 9.17) is 4.74 Å². The summed E-state index contributed by atoms with van der Waals surface area (Å²) in [5.74, 6) is -2.47. The molecular weight excluding hydrogens is 138 g/mol. The quantitative estimate of drug-likeness (QED) is 0.556. The van der Waals surface area contributed by atoms with Gasteiger partial charge in [0.2, 0.25) is 0 Å². The van der Waals surface area contributed by atoms with Gasteiger partial charge in [-0.25, -0.2) is 8.78 Å². The first kappa shape index (κ1) is 7.92. The number of hydrogen-bond donors (Lipinski definition) is 0. The molecule has 10 heavy (non-hydrogen) atoms. The van der Waals surface area contributed by atoms with E-state index in [9.17, 15) is 8.78 Å². The van der Waals surface area contributed by atoms with Crippen LogP contribution in [0.4, 0.5) is 8.78 Å². The number of alkyl halides is 2. The maximum atomic E-state index is 12.6. The van der Waals surface area contributed by atoms with Crippen LogP contribution in [0.3, 0.4) is 0 Å². The Balaban J connectivity index is 2.40. The number of rotatable bonds is 1. The van der Waals surface area contributed by atoms with Crippen LogP contribution in [0.5, 0.6) is 0 Å². The molecule has 1 rings (SSSR count). The second-order valence-corrected chi connectivity index (χ2v) is 2.71. The Bertz CT molecular complexity index is 114. The maximum absolute atomic E-state index is 12.6. The second kappa shape index (κ2) is 2.82. The van der Waals surface area contributed by atoms with E-state index < -0.39 is 5.92 Å². The smallest absolute Gasteiger partial charge is 0.252 e. The summed E-state index contributed by atoms with van der Waals surface area (Å²) in [4.78, 5) is 0. The molecular formula is C7H12F2O. The van der Waals surface area contributed by atoms with Crippen molar-refractivity contribution in [2.75, 3.05) is 6.61 Å². The van der Waals surface area contributed by atoms with Crippen molar-refractivity contribution in [1.29, 1.82) is 0 Å². The predicted octanol–water partition coefficient (Wildman–Crippen LogP) is 2.21. The maximum Gasteiger partial charge on any atom is 0.252 e. The molecule has 0 spiro atoms. The fourth-order valence-electron chi connectivity index (χ4n) is 1.13. The Morgan fingerprint density at radius 2 is 2.30 bits per heavy atom. The zero-order valence-corrected chi connectivity index (χ0v) is 6.07. The first-order valence-electron chi connectivity index (χ1n) is 3.63. The van der Waals surface area contributed by atoms with Gasteiger partial charge in [0, 0.05) is 12.8 Å². The van der Waals surface area contributed by atoms with Crippen LogP contribution in [0, 0.1) is 0 Å². The van der Waals surface area contributed by atoms with E-state index in [1.807, 2.05) is 6.92 Å².